The van der Waals surface area contributed by atoms with Gasteiger partial charge in [-0.15, -0.1) is 0 Å². The first-order chi connectivity index (χ1) is 13.6. The minimum atomic E-state index is 0.290. The summed E-state index contributed by atoms with van der Waals surface area (Å²) in [6.07, 6.45) is 3.57. The summed E-state index contributed by atoms with van der Waals surface area (Å²) in [7, 11) is 0. The van der Waals surface area contributed by atoms with Gasteiger partial charge in [0.15, 0.2) is 5.96 Å². The van der Waals surface area contributed by atoms with E-state index in [4.69, 9.17) is 9.73 Å². The average Bonchev–Trinajstić information content (AvgIpc) is 2.69. The van der Waals surface area contributed by atoms with E-state index in [0.29, 0.717) is 12.0 Å². The summed E-state index contributed by atoms with van der Waals surface area (Å²) >= 11 is 0. The molecule has 0 saturated carbocycles. The van der Waals surface area contributed by atoms with Gasteiger partial charge in [0, 0.05) is 45.4 Å². The number of ether oxygens (including phenoxy) is 1. The lowest BCUT2D eigenvalue weighted by Gasteiger charge is -2.33. The van der Waals surface area contributed by atoms with Crippen molar-refractivity contribution in [1.29, 1.82) is 0 Å². The van der Waals surface area contributed by atoms with Crippen molar-refractivity contribution < 1.29 is 4.74 Å². The number of hydrogen-bond donors (Lipinski definition) is 2. The molecule has 5 nitrogen and oxygen atoms in total. The van der Waals surface area contributed by atoms with Crippen molar-refractivity contribution in [2.75, 3.05) is 32.8 Å². The lowest BCUT2D eigenvalue weighted by molar-refractivity contribution is 0.0266. The number of nitrogens with one attached hydrogen (secondary N) is 2. The van der Waals surface area contributed by atoms with Crippen LogP contribution in [0.2, 0.25) is 0 Å². The zero-order chi connectivity index (χ0) is 20.2. The standard InChI is InChI=1S/C23H40N4O/c1-5-24-23(25-15-12-22(19(3)4)28-6-2)26-21-13-16-27(17-14-21)18-20-10-8-7-9-11-20/h7-11,19,21-22H,5-6,12-18H2,1-4H3,(H2,24,25,26). The molecule has 1 aliphatic rings. The SMILES string of the molecule is CCNC(=NCCC(OCC)C(C)C)NC1CCN(Cc2ccccc2)CC1. The molecular weight excluding hydrogens is 348 g/mol. The normalized spacial score (nSPS) is 17.7. The molecule has 28 heavy (non-hydrogen) atoms. The summed E-state index contributed by atoms with van der Waals surface area (Å²) < 4.78 is 5.84. The average molecular weight is 389 g/mol. The van der Waals surface area contributed by atoms with E-state index in [1.165, 1.54) is 5.56 Å². The molecule has 1 fully saturated rings. The van der Waals surface area contributed by atoms with Crippen LogP contribution in [-0.4, -0.2) is 55.8 Å². The molecule has 1 heterocycles. The molecule has 5 heteroatoms. The Labute approximate surface area is 171 Å². The molecule has 1 atom stereocenters. The van der Waals surface area contributed by atoms with Gasteiger partial charge in [-0.25, -0.2) is 0 Å². The molecule has 0 aliphatic carbocycles. The van der Waals surface area contributed by atoms with E-state index in [1.54, 1.807) is 0 Å². The monoisotopic (exact) mass is 388 g/mol. The van der Waals surface area contributed by atoms with E-state index < -0.39 is 0 Å². The highest BCUT2D eigenvalue weighted by Gasteiger charge is 2.20. The van der Waals surface area contributed by atoms with Gasteiger partial charge in [-0.05, 0) is 44.6 Å². The van der Waals surface area contributed by atoms with Gasteiger partial charge < -0.3 is 15.4 Å². The lowest BCUT2D eigenvalue weighted by Crippen LogP contribution is -2.48. The van der Waals surface area contributed by atoms with Gasteiger partial charge in [-0.2, -0.15) is 0 Å². The van der Waals surface area contributed by atoms with E-state index in [1.807, 2.05) is 0 Å². The largest absolute Gasteiger partial charge is 0.378 e. The summed E-state index contributed by atoms with van der Waals surface area (Å²) in [4.78, 5) is 7.35. The van der Waals surface area contributed by atoms with Gasteiger partial charge in [0.05, 0.1) is 6.10 Å². The summed E-state index contributed by atoms with van der Waals surface area (Å²) in [6.45, 7) is 14.4. The Morgan fingerprint density at radius 2 is 1.89 bits per heavy atom. The molecule has 0 amide bonds. The van der Waals surface area contributed by atoms with Crippen molar-refractivity contribution in [3.63, 3.8) is 0 Å². The fourth-order valence-corrected chi connectivity index (χ4v) is 3.72. The maximum atomic E-state index is 5.84. The van der Waals surface area contributed by atoms with Crippen LogP contribution < -0.4 is 10.6 Å². The first-order valence-electron chi connectivity index (χ1n) is 11.0. The third kappa shape index (κ3) is 8.19. The maximum absolute atomic E-state index is 5.84. The molecule has 1 unspecified atom stereocenters. The second-order valence-corrected chi connectivity index (χ2v) is 7.97. The lowest BCUT2D eigenvalue weighted by atomic mass is 10.0. The highest BCUT2D eigenvalue weighted by molar-refractivity contribution is 5.80. The van der Waals surface area contributed by atoms with Crippen LogP contribution in [0.1, 0.15) is 52.5 Å². The van der Waals surface area contributed by atoms with Crippen molar-refractivity contribution in [3.05, 3.63) is 35.9 Å². The Morgan fingerprint density at radius 3 is 2.50 bits per heavy atom. The van der Waals surface area contributed by atoms with Crippen LogP contribution in [0.15, 0.2) is 35.3 Å². The second-order valence-electron chi connectivity index (χ2n) is 7.97. The number of nitrogens with zero attached hydrogens (tertiary/aromatic N) is 2. The summed E-state index contributed by atoms with van der Waals surface area (Å²) in [5.41, 5.74) is 1.40. The maximum Gasteiger partial charge on any atom is 0.191 e. The smallest absolute Gasteiger partial charge is 0.191 e. The number of rotatable bonds is 10. The fourth-order valence-electron chi connectivity index (χ4n) is 3.72. The summed E-state index contributed by atoms with van der Waals surface area (Å²) in [5.74, 6) is 1.47. The van der Waals surface area contributed by atoms with Gasteiger partial charge in [0.25, 0.3) is 0 Å². The van der Waals surface area contributed by atoms with E-state index in [9.17, 15) is 0 Å². The zero-order valence-corrected chi connectivity index (χ0v) is 18.3. The zero-order valence-electron chi connectivity index (χ0n) is 18.3. The Bertz CT molecular complexity index is 553. The topological polar surface area (TPSA) is 48.9 Å². The molecule has 0 radical (unpaired) electrons. The molecule has 158 valence electrons. The summed E-state index contributed by atoms with van der Waals surface area (Å²) in [6, 6.07) is 11.3. The highest BCUT2D eigenvalue weighted by atomic mass is 16.5. The van der Waals surface area contributed by atoms with Crippen molar-refractivity contribution in [1.82, 2.24) is 15.5 Å². The Morgan fingerprint density at radius 1 is 1.18 bits per heavy atom. The van der Waals surface area contributed by atoms with Crippen LogP contribution in [0.25, 0.3) is 0 Å². The number of guanidine groups is 1. The van der Waals surface area contributed by atoms with E-state index in [2.05, 4.69) is 73.6 Å². The molecule has 2 rings (SSSR count). The first-order valence-corrected chi connectivity index (χ1v) is 11.0. The predicted octanol–water partition coefficient (Wildman–Crippen LogP) is 3.66. The first kappa shape index (κ1) is 22.7. The number of likely N-dealkylation sites (tertiary alicyclic amines) is 1. The number of aliphatic imine (C=N–C) groups is 1. The van der Waals surface area contributed by atoms with Crippen LogP contribution in [0.5, 0.6) is 0 Å². The fraction of sp³-hybridized carbons (Fsp3) is 0.696. The van der Waals surface area contributed by atoms with Crippen molar-refractivity contribution in [3.8, 4) is 0 Å². The molecule has 1 aliphatic heterocycles. The van der Waals surface area contributed by atoms with Crippen molar-refractivity contribution in [2.45, 2.75) is 65.6 Å². The van der Waals surface area contributed by atoms with Gasteiger partial charge in [0.2, 0.25) is 0 Å². The third-order valence-corrected chi connectivity index (χ3v) is 5.33. The van der Waals surface area contributed by atoms with Gasteiger partial charge in [-0.1, -0.05) is 44.2 Å². The molecule has 0 bridgehead atoms. The summed E-state index contributed by atoms with van der Waals surface area (Å²) in [5, 5.41) is 7.05. The second kappa shape index (κ2) is 12.8. The van der Waals surface area contributed by atoms with Crippen LogP contribution >= 0.6 is 0 Å². The molecule has 1 saturated heterocycles. The Kier molecular flexibility index (Phi) is 10.4. The highest BCUT2D eigenvalue weighted by Crippen LogP contribution is 2.14. The molecule has 1 aromatic carbocycles. The van der Waals surface area contributed by atoms with Crippen LogP contribution in [0.4, 0.5) is 0 Å². The van der Waals surface area contributed by atoms with Gasteiger partial charge >= 0.3 is 0 Å². The van der Waals surface area contributed by atoms with Crippen LogP contribution in [-0.2, 0) is 11.3 Å². The Balaban J connectivity index is 1.77. The number of hydrogen-bond acceptors (Lipinski definition) is 3. The van der Waals surface area contributed by atoms with Crippen LogP contribution in [0, 0.1) is 5.92 Å². The van der Waals surface area contributed by atoms with E-state index >= 15 is 0 Å². The minimum Gasteiger partial charge on any atom is -0.378 e. The van der Waals surface area contributed by atoms with Gasteiger partial charge in [0.1, 0.15) is 0 Å². The molecule has 2 N–H and O–H groups in total. The number of piperidine rings is 1. The molecule has 0 spiro atoms. The molecule has 1 aromatic rings. The van der Waals surface area contributed by atoms with Crippen LogP contribution in [0.3, 0.4) is 0 Å². The van der Waals surface area contributed by atoms with Crippen molar-refractivity contribution in [2.24, 2.45) is 10.9 Å². The number of benzene rings is 1. The molecular formula is C23H40N4O. The van der Waals surface area contributed by atoms with Gasteiger partial charge in [-0.3, -0.25) is 9.89 Å². The van der Waals surface area contributed by atoms with Crippen molar-refractivity contribution >= 4 is 5.96 Å². The van der Waals surface area contributed by atoms with E-state index in [0.717, 1.165) is 64.6 Å². The Hall–Kier alpha value is -1.59. The third-order valence-electron chi connectivity index (χ3n) is 5.33. The quantitative estimate of drug-likeness (QED) is 0.474. The molecule has 0 aromatic heterocycles. The minimum absolute atomic E-state index is 0.290. The van der Waals surface area contributed by atoms with E-state index in [-0.39, 0.29) is 6.10 Å². The predicted molar refractivity (Wildman–Crippen MR) is 119 cm³/mol.